The molecule has 4 fully saturated rings. The van der Waals surface area contributed by atoms with Crippen molar-refractivity contribution in [3.63, 3.8) is 0 Å². The van der Waals surface area contributed by atoms with E-state index in [2.05, 4.69) is 4.72 Å². The van der Waals surface area contributed by atoms with Crippen LogP contribution in [-0.4, -0.2) is 58.7 Å². The van der Waals surface area contributed by atoms with Crippen LogP contribution in [0, 0.1) is 24.4 Å². The van der Waals surface area contributed by atoms with Crippen molar-refractivity contribution in [3.05, 3.63) is 49.1 Å². The van der Waals surface area contributed by atoms with E-state index in [0.717, 1.165) is 18.6 Å². The normalized spacial score (nSPS) is 25.7. The third kappa shape index (κ3) is 7.76. The minimum atomic E-state index is -4.63. The summed E-state index contributed by atoms with van der Waals surface area (Å²) in [5.74, 6) is -0.967. The summed E-state index contributed by atoms with van der Waals surface area (Å²) in [5.41, 5.74) is -2.74. The average Bonchev–Trinajstić information content (AvgIpc) is 2.92. The molecule has 0 spiro atoms. The van der Waals surface area contributed by atoms with Gasteiger partial charge in [0.05, 0.1) is 28.1 Å². The quantitative estimate of drug-likeness (QED) is 0.137. The molecule has 0 heterocycles. The Morgan fingerprint density at radius 2 is 1.54 bits per heavy atom. The van der Waals surface area contributed by atoms with Crippen molar-refractivity contribution < 1.29 is 58.4 Å². The summed E-state index contributed by atoms with van der Waals surface area (Å²) in [6, 6.07) is 5.64. The number of amides is 1. The van der Waals surface area contributed by atoms with Crippen LogP contribution >= 0.6 is 45.2 Å². The van der Waals surface area contributed by atoms with Crippen molar-refractivity contribution in [2.75, 3.05) is 19.8 Å². The van der Waals surface area contributed by atoms with Crippen LogP contribution in [0.4, 0.5) is 13.2 Å². The number of carbonyl (C=O) groups is 2. The Labute approximate surface area is 290 Å². The molecule has 252 valence electrons. The SMILES string of the molecule is O=C(COc1cc(I)c(S(=O)(=O)O)c(I)c1)OCCOC12CC3CC(C1)CC(C(=O)NS(=O)(=O)c1ccc(C(F)(F)F)cc1)(C3)C2. The molecule has 0 aromatic heterocycles. The molecule has 0 radical (unpaired) electrons. The van der Waals surface area contributed by atoms with Gasteiger partial charge in [-0.05, 0) is 132 Å². The third-order valence-electron chi connectivity index (χ3n) is 8.55. The van der Waals surface area contributed by atoms with E-state index in [1.807, 2.05) is 0 Å². The second-order valence-corrected chi connectivity index (χ2v) is 17.3. The predicted molar refractivity (Wildman–Crippen MR) is 171 cm³/mol. The fourth-order valence-corrected chi connectivity index (χ4v) is 12.3. The topological polar surface area (TPSA) is 162 Å². The molecule has 4 bridgehead atoms. The van der Waals surface area contributed by atoms with Crippen LogP contribution in [0.2, 0.25) is 0 Å². The van der Waals surface area contributed by atoms with Gasteiger partial charge in [0.25, 0.3) is 20.1 Å². The van der Waals surface area contributed by atoms with Gasteiger partial charge in [0, 0.05) is 7.14 Å². The van der Waals surface area contributed by atoms with Crippen molar-refractivity contribution in [1.82, 2.24) is 4.72 Å². The molecular weight excluding hydrogens is 885 g/mol. The van der Waals surface area contributed by atoms with E-state index in [4.69, 9.17) is 14.2 Å². The van der Waals surface area contributed by atoms with Gasteiger partial charge in [-0.25, -0.2) is 17.9 Å². The maximum absolute atomic E-state index is 13.5. The molecule has 18 heteroatoms. The first-order valence-electron chi connectivity index (χ1n) is 13.9. The highest BCUT2D eigenvalue weighted by atomic mass is 127. The Bertz CT molecular complexity index is 1710. The van der Waals surface area contributed by atoms with Gasteiger partial charge in [0.2, 0.25) is 5.91 Å². The Morgan fingerprint density at radius 1 is 0.957 bits per heavy atom. The van der Waals surface area contributed by atoms with Crippen LogP contribution in [0.3, 0.4) is 0 Å². The van der Waals surface area contributed by atoms with Crippen LogP contribution in [0.15, 0.2) is 46.2 Å². The first-order valence-corrected chi connectivity index (χ1v) is 19.0. The molecule has 2 aromatic carbocycles. The first-order chi connectivity index (χ1) is 21.3. The molecular formula is C28H28F3I2NO10S2. The molecule has 11 nitrogen and oxygen atoms in total. The maximum Gasteiger partial charge on any atom is 0.416 e. The third-order valence-corrected chi connectivity index (χ3v) is 13.3. The van der Waals surface area contributed by atoms with Gasteiger partial charge in [-0.3, -0.25) is 9.35 Å². The van der Waals surface area contributed by atoms with Crippen molar-refractivity contribution in [3.8, 4) is 5.75 Å². The van der Waals surface area contributed by atoms with E-state index < -0.39 is 66.3 Å². The van der Waals surface area contributed by atoms with E-state index in [1.165, 1.54) is 12.1 Å². The summed E-state index contributed by atoms with van der Waals surface area (Å²) < 4.78 is 116. The van der Waals surface area contributed by atoms with Gasteiger partial charge < -0.3 is 14.2 Å². The van der Waals surface area contributed by atoms with Crippen LogP contribution < -0.4 is 9.46 Å². The van der Waals surface area contributed by atoms with Gasteiger partial charge in [-0.2, -0.15) is 21.6 Å². The highest BCUT2D eigenvalue weighted by molar-refractivity contribution is 14.1. The molecule has 4 saturated carbocycles. The number of esters is 1. The van der Waals surface area contributed by atoms with E-state index in [9.17, 15) is 44.1 Å². The van der Waals surface area contributed by atoms with Crippen LogP contribution in [0.1, 0.15) is 44.1 Å². The molecule has 46 heavy (non-hydrogen) atoms. The average molecular weight is 913 g/mol. The molecule has 2 N–H and O–H groups in total. The van der Waals surface area contributed by atoms with E-state index >= 15 is 0 Å². The van der Waals surface area contributed by atoms with Gasteiger partial charge in [0.1, 0.15) is 17.3 Å². The Balaban J connectivity index is 1.15. The van der Waals surface area contributed by atoms with Gasteiger partial charge in [-0.15, -0.1) is 0 Å². The number of alkyl halides is 3. The standard InChI is InChI=1S/C28H28F3I2NO10S2/c29-28(30,31)18-1-3-20(4-2-18)45(37,38)34-25(36)26-10-16-7-17(11-26)13-27(12-16,15-26)44-6-5-42-23(35)14-43-19-8-21(32)24(22(33)9-19)46(39,40)41/h1-4,8-9,16-17H,5-7,10-15H2,(H,34,36)(H,39,40,41). The lowest BCUT2D eigenvalue weighted by Crippen LogP contribution is -2.61. The van der Waals surface area contributed by atoms with Gasteiger partial charge in [0.15, 0.2) is 6.61 Å². The Hall–Kier alpha value is -1.75. The number of halogens is 5. The number of hydrogen-bond donors (Lipinski definition) is 2. The molecule has 4 aliphatic rings. The van der Waals surface area contributed by atoms with Crippen molar-refractivity contribution >= 4 is 77.2 Å². The lowest BCUT2D eigenvalue weighted by molar-refractivity contribution is -0.200. The summed E-state index contributed by atoms with van der Waals surface area (Å²) in [7, 11) is -8.85. The molecule has 2 unspecified atom stereocenters. The van der Waals surface area contributed by atoms with Crippen LogP contribution in [0.5, 0.6) is 5.75 Å². The van der Waals surface area contributed by atoms with E-state index in [-0.39, 0.29) is 49.3 Å². The molecule has 0 aliphatic heterocycles. The second-order valence-electron chi connectivity index (χ2n) is 11.9. The highest BCUT2D eigenvalue weighted by Gasteiger charge is 2.61. The maximum atomic E-state index is 13.5. The molecule has 6 rings (SSSR count). The number of ether oxygens (including phenoxy) is 3. The lowest BCUT2D eigenvalue weighted by Gasteiger charge is -2.60. The van der Waals surface area contributed by atoms with Crippen molar-refractivity contribution in [2.24, 2.45) is 17.3 Å². The molecule has 2 aromatic rings. The lowest BCUT2D eigenvalue weighted by atomic mass is 9.47. The first kappa shape index (κ1) is 35.6. The molecule has 4 aliphatic carbocycles. The second kappa shape index (κ2) is 12.9. The number of sulfonamides is 1. The van der Waals surface area contributed by atoms with Crippen LogP contribution in [0.25, 0.3) is 0 Å². The minimum Gasteiger partial charge on any atom is -0.482 e. The Morgan fingerprint density at radius 3 is 2.09 bits per heavy atom. The molecule has 1 amide bonds. The summed E-state index contributed by atoms with van der Waals surface area (Å²) in [6.45, 7) is -0.563. The highest BCUT2D eigenvalue weighted by Crippen LogP contribution is 2.63. The zero-order valence-electron chi connectivity index (χ0n) is 23.8. The molecule has 0 saturated heterocycles. The Kier molecular flexibility index (Phi) is 10.00. The molecule has 2 atom stereocenters. The number of hydrogen-bond acceptors (Lipinski definition) is 9. The zero-order valence-corrected chi connectivity index (χ0v) is 29.8. The number of benzene rings is 2. The summed E-state index contributed by atoms with van der Waals surface area (Å²) in [4.78, 5) is 25.1. The number of rotatable bonds is 11. The zero-order chi connectivity index (χ0) is 33.7. The van der Waals surface area contributed by atoms with Crippen molar-refractivity contribution in [1.29, 1.82) is 0 Å². The minimum absolute atomic E-state index is 0.0194. The van der Waals surface area contributed by atoms with Gasteiger partial charge in [-0.1, -0.05) is 0 Å². The largest absolute Gasteiger partial charge is 0.482 e. The smallest absolute Gasteiger partial charge is 0.416 e. The predicted octanol–water partition coefficient (Wildman–Crippen LogP) is 4.94. The summed E-state index contributed by atoms with van der Waals surface area (Å²) in [5, 5.41) is 0. The number of nitrogens with one attached hydrogen (secondary N) is 1. The summed E-state index contributed by atoms with van der Waals surface area (Å²) in [6.07, 6.45) is -1.23. The fraction of sp³-hybridized carbons (Fsp3) is 0.500. The summed E-state index contributed by atoms with van der Waals surface area (Å²) >= 11 is 3.46. The van der Waals surface area contributed by atoms with E-state index in [0.29, 0.717) is 37.8 Å². The number of carbonyl (C=O) groups excluding carboxylic acids is 2. The van der Waals surface area contributed by atoms with Crippen molar-refractivity contribution in [2.45, 2.75) is 60.1 Å². The monoisotopic (exact) mass is 913 g/mol. The fourth-order valence-electron chi connectivity index (χ4n) is 7.19. The van der Waals surface area contributed by atoms with E-state index in [1.54, 1.807) is 45.2 Å². The van der Waals surface area contributed by atoms with Crippen LogP contribution in [-0.2, 0) is 45.4 Å². The van der Waals surface area contributed by atoms with Gasteiger partial charge >= 0.3 is 12.1 Å².